The number of nitrogens with one attached hydrogen (secondary N) is 2. The van der Waals surface area contributed by atoms with Crippen molar-refractivity contribution >= 4 is 33.4 Å². The molecule has 0 saturated carbocycles. The summed E-state index contributed by atoms with van der Waals surface area (Å²) in [6.07, 6.45) is 0. The molecule has 2 amide bonds. The van der Waals surface area contributed by atoms with E-state index in [4.69, 9.17) is 0 Å². The summed E-state index contributed by atoms with van der Waals surface area (Å²) in [7, 11) is 0. The van der Waals surface area contributed by atoms with Crippen LogP contribution in [0.15, 0.2) is 24.3 Å². The molecule has 0 aliphatic carbocycles. The first-order valence-electron chi connectivity index (χ1n) is 6.86. The third-order valence-electron chi connectivity index (χ3n) is 3.06. The van der Waals surface area contributed by atoms with Crippen LogP contribution in [0.4, 0.5) is 0 Å². The van der Waals surface area contributed by atoms with E-state index in [1.807, 2.05) is 38.1 Å². The number of benzene rings is 1. The van der Waals surface area contributed by atoms with Gasteiger partial charge < -0.3 is 10.6 Å². The van der Waals surface area contributed by atoms with Crippen molar-refractivity contribution < 1.29 is 9.59 Å². The van der Waals surface area contributed by atoms with Gasteiger partial charge in [-0.1, -0.05) is 26.0 Å². The fraction of sp³-hybridized carbons (Fsp3) is 0.400. The minimum absolute atomic E-state index is 0.0317. The number of hydrogen-bond donors (Lipinski definition) is 2. The van der Waals surface area contributed by atoms with Gasteiger partial charge >= 0.3 is 0 Å². The molecule has 0 bridgehead atoms. The van der Waals surface area contributed by atoms with E-state index < -0.39 is 6.04 Å². The molecule has 0 saturated heterocycles. The average molecular weight is 305 g/mol. The van der Waals surface area contributed by atoms with Crippen LogP contribution in [0, 0.1) is 5.92 Å². The van der Waals surface area contributed by atoms with Crippen LogP contribution in [-0.4, -0.2) is 22.8 Å². The molecule has 0 aliphatic heterocycles. The van der Waals surface area contributed by atoms with Crippen molar-refractivity contribution in [2.24, 2.45) is 5.92 Å². The van der Waals surface area contributed by atoms with Gasteiger partial charge in [-0.25, -0.2) is 4.98 Å². The summed E-state index contributed by atoms with van der Waals surface area (Å²) in [4.78, 5) is 27.8. The average Bonchev–Trinajstić information content (AvgIpc) is 2.84. The van der Waals surface area contributed by atoms with Gasteiger partial charge in [-0.3, -0.25) is 9.59 Å². The molecule has 2 N–H and O–H groups in total. The maximum atomic E-state index is 12.2. The van der Waals surface area contributed by atoms with E-state index in [1.165, 1.54) is 6.92 Å². The fourth-order valence-electron chi connectivity index (χ4n) is 2.02. The van der Waals surface area contributed by atoms with Gasteiger partial charge in [-0.15, -0.1) is 11.3 Å². The molecule has 21 heavy (non-hydrogen) atoms. The standard InChI is InChI=1S/C15H19N3O2S/c1-9(2)14(17-10(3)19)15(20)16-8-13-18-11-6-4-5-7-12(11)21-13/h4-7,9,14H,8H2,1-3H3,(H,16,20)(H,17,19)/t14-/m1/s1. The molecule has 2 aromatic rings. The van der Waals surface area contributed by atoms with Crippen molar-refractivity contribution in [2.75, 3.05) is 0 Å². The quantitative estimate of drug-likeness (QED) is 0.888. The Morgan fingerprint density at radius 3 is 2.62 bits per heavy atom. The van der Waals surface area contributed by atoms with Crippen LogP contribution in [-0.2, 0) is 16.1 Å². The lowest BCUT2D eigenvalue weighted by Gasteiger charge is -2.20. The Kier molecular flexibility index (Phi) is 4.90. The van der Waals surface area contributed by atoms with Crippen LogP contribution in [0.25, 0.3) is 10.2 Å². The molecule has 0 unspecified atom stereocenters. The molecule has 0 radical (unpaired) electrons. The topological polar surface area (TPSA) is 71.1 Å². The van der Waals surface area contributed by atoms with Crippen LogP contribution in [0.2, 0.25) is 0 Å². The Morgan fingerprint density at radius 1 is 1.29 bits per heavy atom. The molecule has 0 spiro atoms. The Morgan fingerprint density at radius 2 is 2.00 bits per heavy atom. The lowest BCUT2D eigenvalue weighted by atomic mass is 10.0. The maximum absolute atomic E-state index is 12.2. The van der Waals surface area contributed by atoms with E-state index in [9.17, 15) is 9.59 Å². The zero-order chi connectivity index (χ0) is 15.4. The zero-order valence-electron chi connectivity index (χ0n) is 12.3. The van der Waals surface area contributed by atoms with Gasteiger partial charge in [-0.2, -0.15) is 0 Å². The van der Waals surface area contributed by atoms with Gasteiger partial charge in [0.05, 0.1) is 16.8 Å². The van der Waals surface area contributed by atoms with Gasteiger partial charge in [0.15, 0.2) is 0 Å². The molecule has 1 heterocycles. The molecule has 1 atom stereocenters. The minimum atomic E-state index is -0.517. The number of rotatable bonds is 5. The number of nitrogens with zero attached hydrogens (tertiary/aromatic N) is 1. The highest BCUT2D eigenvalue weighted by Crippen LogP contribution is 2.21. The fourth-order valence-corrected chi connectivity index (χ4v) is 2.93. The van der Waals surface area contributed by atoms with Gasteiger partial charge in [0.1, 0.15) is 11.0 Å². The van der Waals surface area contributed by atoms with Gasteiger partial charge in [-0.05, 0) is 18.1 Å². The smallest absolute Gasteiger partial charge is 0.243 e. The minimum Gasteiger partial charge on any atom is -0.348 e. The highest BCUT2D eigenvalue weighted by atomic mass is 32.1. The van der Waals surface area contributed by atoms with Crippen molar-refractivity contribution in [3.63, 3.8) is 0 Å². The van der Waals surface area contributed by atoms with Crippen LogP contribution in [0.3, 0.4) is 0 Å². The first-order chi connectivity index (χ1) is 9.97. The second-order valence-electron chi connectivity index (χ2n) is 5.22. The van der Waals surface area contributed by atoms with Gasteiger partial charge in [0.2, 0.25) is 11.8 Å². The predicted octanol–water partition coefficient (Wildman–Crippen LogP) is 2.07. The first-order valence-corrected chi connectivity index (χ1v) is 7.68. The van der Waals surface area contributed by atoms with E-state index in [2.05, 4.69) is 15.6 Å². The van der Waals surface area contributed by atoms with Crippen molar-refractivity contribution in [1.29, 1.82) is 0 Å². The van der Waals surface area contributed by atoms with Crippen LogP contribution < -0.4 is 10.6 Å². The number of carbonyl (C=O) groups is 2. The van der Waals surface area contributed by atoms with E-state index >= 15 is 0 Å². The molecule has 2 rings (SSSR count). The number of carbonyl (C=O) groups excluding carboxylic acids is 2. The molecule has 0 fully saturated rings. The third kappa shape index (κ3) is 4.01. The third-order valence-corrected chi connectivity index (χ3v) is 4.10. The van der Waals surface area contributed by atoms with Crippen LogP contribution >= 0.6 is 11.3 Å². The Bertz CT molecular complexity index is 618. The first kappa shape index (κ1) is 15.4. The molecule has 5 nitrogen and oxygen atoms in total. The summed E-state index contributed by atoms with van der Waals surface area (Å²) in [5.41, 5.74) is 0.939. The second kappa shape index (κ2) is 6.67. The lowest BCUT2D eigenvalue weighted by molar-refractivity contribution is -0.129. The normalized spacial score (nSPS) is 12.4. The molecular weight excluding hydrogens is 286 g/mol. The Labute approximate surface area is 127 Å². The van der Waals surface area contributed by atoms with Crippen molar-refractivity contribution in [3.8, 4) is 0 Å². The number of aromatic nitrogens is 1. The Balaban J connectivity index is 2.00. The summed E-state index contributed by atoms with van der Waals surface area (Å²) in [5.74, 6) is -0.354. The van der Waals surface area contributed by atoms with E-state index in [-0.39, 0.29) is 17.7 Å². The largest absolute Gasteiger partial charge is 0.348 e. The van der Waals surface area contributed by atoms with E-state index in [1.54, 1.807) is 11.3 Å². The monoisotopic (exact) mass is 305 g/mol. The molecular formula is C15H19N3O2S. The Hall–Kier alpha value is -1.95. The summed E-state index contributed by atoms with van der Waals surface area (Å²) in [6.45, 7) is 5.59. The highest BCUT2D eigenvalue weighted by Gasteiger charge is 2.22. The predicted molar refractivity (Wildman–Crippen MR) is 83.9 cm³/mol. The zero-order valence-corrected chi connectivity index (χ0v) is 13.2. The molecule has 1 aromatic carbocycles. The molecule has 112 valence electrons. The number of fused-ring (bicyclic) bond motifs is 1. The molecule has 6 heteroatoms. The summed E-state index contributed by atoms with van der Waals surface area (Å²) in [5, 5.41) is 6.37. The van der Waals surface area contributed by atoms with Gasteiger partial charge in [0, 0.05) is 6.92 Å². The van der Waals surface area contributed by atoms with Crippen LogP contribution in [0.5, 0.6) is 0 Å². The van der Waals surface area contributed by atoms with Crippen molar-refractivity contribution in [1.82, 2.24) is 15.6 Å². The SMILES string of the molecule is CC(=O)N[C@@H](C(=O)NCc1nc2ccccc2s1)C(C)C. The lowest BCUT2D eigenvalue weighted by Crippen LogP contribution is -2.48. The molecule has 1 aromatic heterocycles. The van der Waals surface area contributed by atoms with Gasteiger partial charge in [0.25, 0.3) is 0 Å². The number of thiazole rings is 1. The number of amides is 2. The summed E-state index contributed by atoms with van der Waals surface area (Å²) in [6, 6.07) is 7.35. The van der Waals surface area contributed by atoms with E-state index in [0.29, 0.717) is 6.54 Å². The van der Waals surface area contributed by atoms with Crippen molar-refractivity contribution in [3.05, 3.63) is 29.3 Å². The summed E-state index contributed by atoms with van der Waals surface area (Å²) >= 11 is 1.56. The summed E-state index contributed by atoms with van der Waals surface area (Å²) < 4.78 is 1.10. The molecule has 0 aliphatic rings. The highest BCUT2D eigenvalue weighted by molar-refractivity contribution is 7.18. The van der Waals surface area contributed by atoms with E-state index in [0.717, 1.165) is 15.2 Å². The van der Waals surface area contributed by atoms with Crippen molar-refractivity contribution in [2.45, 2.75) is 33.4 Å². The second-order valence-corrected chi connectivity index (χ2v) is 6.33. The van der Waals surface area contributed by atoms with Crippen LogP contribution in [0.1, 0.15) is 25.8 Å². The number of para-hydroxylation sites is 1. The number of hydrogen-bond acceptors (Lipinski definition) is 4. The maximum Gasteiger partial charge on any atom is 0.243 e.